The molecule has 0 saturated carbocycles. The van der Waals surface area contributed by atoms with Gasteiger partial charge in [0.2, 0.25) is 0 Å². The Bertz CT molecular complexity index is 602. The van der Waals surface area contributed by atoms with Gasteiger partial charge in [-0.25, -0.2) is 8.78 Å². The Kier molecular flexibility index (Phi) is 4.71. The summed E-state index contributed by atoms with van der Waals surface area (Å²) >= 11 is 6.23. The van der Waals surface area contributed by atoms with Gasteiger partial charge >= 0.3 is 0 Å². The quantitative estimate of drug-likeness (QED) is 0.799. The highest BCUT2D eigenvalue weighted by Gasteiger charge is 2.13. The monoisotopic (exact) mass is 390 g/mol. The van der Waals surface area contributed by atoms with Gasteiger partial charge in [-0.2, -0.15) is 0 Å². The molecule has 1 nitrogen and oxygen atoms in total. The van der Waals surface area contributed by atoms with Gasteiger partial charge in [0.05, 0.1) is 10.6 Å². The molecule has 0 amide bonds. The molecule has 0 aromatic heterocycles. The van der Waals surface area contributed by atoms with Crippen molar-refractivity contribution in [3.63, 3.8) is 0 Å². The summed E-state index contributed by atoms with van der Waals surface area (Å²) in [7, 11) is 0. The van der Waals surface area contributed by atoms with Crippen molar-refractivity contribution in [3.05, 3.63) is 68.1 Å². The maximum atomic E-state index is 13.7. The second kappa shape index (κ2) is 6.11. The van der Waals surface area contributed by atoms with Crippen molar-refractivity contribution in [2.75, 3.05) is 0 Å². The molecule has 0 bridgehead atoms. The summed E-state index contributed by atoms with van der Waals surface area (Å²) < 4.78 is 27.7. The molecule has 2 aromatic carbocycles. The number of halogens is 4. The molecule has 0 fully saturated rings. The van der Waals surface area contributed by atoms with E-state index in [0.717, 1.165) is 0 Å². The van der Waals surface area contributed by atoms with Gasteiger partial charge in [0.25, 0.3) is 0 Å². The van der Waals surface area contributed by atoms with Gasteiger partial charge < -0.3 is 5.11 Å². The van der Waals surface area contributed by atoms with Crippen LogP contribution in [-0.2, 0) is 6.42 Å². The molecule has 19 heavy (non-hydrogen) atoms. The van der Waals surface area contributed by atoms with Gasteiger partial charge in [0.15, 0.2) is 0 Å². The van der Waals surface area contributed by atoms with Gasteiger partial charge in [-0.15, -0.1) is 0 Å². The molecule has 0 aliphatic rings. The molecule has 0 heterocycles. The van der Waals surface area contributed by atoms with Crippen molar-refractivity contribution in [2.45, 2.75) is 12.5 Å². The summed E-state index contributed by atoms with van der Waals surface area (Å²) in [5.74, 6) is -0.777. The van der Waals surface area contributed by atoms with E-state index in [-0.39, 0.29) is 16.7 Å². The smallest absolute Gasteiger partial charge is 0.137 e. The number of aliphatic hydroxyl groups excluding tert-OH is 1. The van der Waals surface area contributed by atoms with E-state index in [1.54, 1.807) is 12.1 Å². The van der Waals surface area contributed by atoms with E-state index in [0.29, 0.717) is 15.6 Å². The first-order valence-corrected chi connectivity index (χ1v) is 7.13. The van der Waals surface area contributed by atoms with Gasteiger partial charge in [-0.3, -0.25) is 0 Å². The fourth-order valence-electron chi connectivity index (χ4n) is 1.73. The molecule has 5 heteroatoms. The lowest BCUT2D eigenvalue weighted by Gasteiger charge is -2.12. The number of aliphatic hydroxyl groups is 1. The number of hydrogen-bond donors (Lipinski definition) is 1. The van der Waals surface area contributed by atoms with Crippen LogP contribution >= 0.6 is 31.9 Å². The third-order valence-corrected chi connectivity index (χ3v) is 3.86. The Morgan fingerprint density at radius 1 is 1.00 bits per heavy atom. The van der Waals surface area contributed by atoms with Crippen molar-refractivity contribution in [3.8, 4) is 0 Å². The largest absolute Gasteiger partial charge is 0.388 e. The first-order valence-electron chi connectivity index (χ1n) is 5.54. The van der Waals surface area contributed by atoms with E-state index >= 15 is 0 Å². The van der Waals surface area contributed by atoms with Crippen molar-refractivity contribution in [1.29, 1.82) is 0 Å². The molecule has 0 radical (unpaired) electrons. The van der Waals surface area contributed by atoms with E-state index in [1.807, 2.05) is 0 Å². The maximum Gasteiger partial charge on any atom is 0.137 e. The Balaban J connectivity index is 2.20. The summed E-state index contributed by atoms with van der Waals surface area (Å²) in [4.78, 5) is 0. The molecule has 0 spiro atoms. The molecule has 0 aliphatic heterocycles. The summed E-state index contributed by atoms with van der Waals surface area (Å²) in [5.41, 5.74) is 0.951. The van der Waals surface area contributed by atoms with Crippen LogP contribution in [0.2, 0.25) is 0 Å². The van der Waals surface area contributed by atoms with Crippen LogP contribution in [0.1, 0.15) is 17.2 Å². The summed E-state index contributed by atoms with van der Waals surface area (Å²) in [6, 6.07) is 8.93. The second-order valence-electron chi connectivity index (χ2n) is 4.13. The predicted molar refractivity (Wildman–Crippen MR) is 76.9 cm³/mol. The number of hydrogen-bond acceptors (Lipinski definition) is 1. The highest BCUT2D eigenvalue weighted by atomic mass is 79.9. The number of benzene rings is 2. The fourth-order valence-corrected chi connectivity index (χ4v) is 2.46. The average molecular weight is 392 g/mol. The predicted octanol–water partition coefficient (Wildman–Crippen LogP) is 4.77. The molecule has 1 unspecified atom stereocenters. The lowest BCUT2D eigenvalue weighted by atomic mass is 10.0. The van der Waals surface area contributed by atoms with Crippen LogP contribution in [-0.4, -0.2) is 5.11 Å². The summed E-state index contributed by atoms with van der Waals surface area (Å²) in [6.07, 6.45) is -0.746. The van der Waals surface area contributed by atoms with Crippen LogP contribution in [0.15, 0.2) is 45.3 Å². The topological polar surface area (TPSA) is 20.2 Å². The Hall–Kier alpha value is -0.780. The standard InChI is InChI=1S/C14H10Br2F2O/c15-10-3-1-8(13(18)7-10)6-14(19)9-2-4-12(17)11(16)5-9/h1-5,7,14,19H,6H2. The third-order valence-electron chi connectivity index (χ3n) is 2.76. The average Bonchev–Trinajstić information content (AvgIpc) is 2.36. The lowest BCUT2D eigenvalue weighted by Crippen LogP contribution is -2.04. The Morgan fingerprint density at radius 2 is 1.74 bits per heavy atom. The van der Waals surface area contributed by atoms with E-state index in [9.17, 15) is 13.9 Å². The van der Waals surface area contributed by atoms with E-state index in [1.165, 1.54) is 24.3 Å². The minimum absolute atomic E-state index is 0.136. The summed E-state index contributed by atoms with van der Waals surface area (Å²) in [5, 5.41) is 10.1. The van der Waals surface area contributed by atoms with Crippen molar-refractivity contribution in [1.82, 2.24) is 0 Å². The Labute approximate surface area is 126 Å². The number of rotatable bonds is 3. The molecule has 100 valence electrons. The molecule has 1 N–H and O–H groups in total. The molecular weight excluding hydrogens is 382 g/mol. The van der Waals surface area contributed by atoms with Crippen molar-refractivity contribution < 1.29 is 13.9 Å². The first-order chi connectivity index (χ1) is 8.97. The molecule has 1 atom stereocenters. The van der Waals surface area contributed by atoms with Crippen LogP contribution in [0.5, 0.6) is 0 Å². The maximum absolute atomic E-state index is 13.7. The minimum atomic E-state index is -0.882. The third kappa shape index (κ3) is 3.61. The van der Waals surface area contributed by atoms with Crippen LogP contribution in [0.25, 0.3) is 0 Å². The Morgan fingerprint density at radius 3 is 2.37 bits per heavy atom. The van der Waals surface area contributed by atoms with Crippen molar-refractivity contribution >= 4 is 31.9 Å². The zero-order valence-corrected chi connectivity index (χ0v) is 12.9. The highest BCUT2D eigenvalue weighted by Crippen LogP contribution is 2.25. The van der Waals surface area contributed by atoms with Crippen LogP contribution in [0.4, 0.5) is 8.78 Å². The molecule has 2 rings (SSSR count). The van der Waals surface area contributed by atoms with Gasteiger partial charge in [-0.05, 0) is 51.3 Å². The second-order valence-corrected chi connectivity index (χ2v) is 5.90. The molecular formula is C14H10Br2F2O. The van der Waals surface area contributed by atoms with Crippen LogP contribution in [0, 0.1) is 11.6 Å². The van der Waals surface area contributed by atoms with E-state index in [4.69, 9.17) is 0 Å². The van der Waals surface area contributed by atoms with E-state index < -0.39 is 11.9 Å². The van der Waals surface area contributed by atoms with Gasteiger partial charge in [0, 0.05) is 10.9 Å². The zero-order valence-electron chi connectivity index (χ0n) is 9.71. The lowest BCUT2D eigenvalue weighted by molar-refractivity contribution is 0.177. The highest BCUT2D eigenvalue weighted by molar-refractivity contribution is 9.10. The molecule has 0 saturated heterocycles. The fraction of sp³-hybridized carbons (Fsp3) is 0.143. The molecule has 0 aliphatic carbocycles. The SMILES string of the molecule is OC(Cc1ccc(Br)cc1F)c1ccc(F)c(Br)c1. The zero-order chi connectivity index (χ0) is 14.0. The van der Waals surface area contributed by atoms with Crippen molar-refractivity contribution in [2.24, 2.45) is 0 Å². The van der Waals surface area contributed by atoms with Gasteiger partial charge in [-0.1, -0.05) is 28.1 Å². The van der Waals surface area contributed by atoms with E-state index in [2.05, 4.69) is 31.9 Å². The molecule has 2 aromatic rings. The van der Waals surface area contributed by atoms with Crippen LogP contribution < -0.4 is 0 Å². The minimum Gasteiger partial charge on any atom is -0.388 e. The normalized spacial score (nSPS) is 12.5. The van der Waals surface area contributed by atoms with Crippen LogP contribution in [0.3, 0.4) is 0 Å². The van der Waals surface area contributed by atoms with Gasteiger partial charge in [0.1, 0.15) is 11.6 Å². The summed E-state index contributed by atoms with van der Waals surface area (Å²) in [6.45, 7) is 0. The first kappa shape index (κ1) is 14.6.